The van der Waals surface area contributed by atoms with Crippen molar-refractivity contribution >= 4 is 11.9 Å². The molecule has 21 heavy (non-hydrogen) atoms. The summed E-state index contributed by atoms with van der Waals surface area (Å²) in [5.74, 6) is -0.941. The molecule has 6 heteroatoms. The van der Waals surface area contributed by atoms with Gasteiger partial charge in [-0.2, -0.15) is 0 Å². The van der Waals surface area contributed by atoms with Crippen molar-refractivity contribution in [2.75, 3.05) is 6.54 Å². The highest BCUT2D eigenvalue weighted by Gasteiger charge is 2.41. The molecule has 114 valence electrons. The molecule has 3 atom stereocenters. The largest absolute Gasteiger partial charge is 0.481 e. The number of carboxylic acids is 1. The summed E-state index contributed by atoms with van der Waals surface area (Å²) in [7, 11) is 0. The van der Waals surface area contributed by atoms with Gasteiger partial charge in [-0.3, -0.25) is 4.79 Å². The average Bonchev–Trinajstić information content (AvgIpc) is 2.87. The minimum absolute atomic E-state index is 0.0322. The maximum atomic E-state index is 12.5. The van der Waals surface area contributed by atoms with E-state index in [9.17, 15) is 14.7 Å². The third-order valence-corrected chi connectivity index (χ3v) is 3.51. The van der Waals surface area contributed by atoms with E-state index in [-0.39, 0.29) is 13.0 Å². The van der Waals surface area contributed by atoms with Crippen LogP contribution in [0.25, 0.3) is 0 Å². The number of aliphatic hydroxyl groups excluding tert-OH is 1. The van der Waals surface area contributed by atoms with Crippen molar-refractivity contribution in [3.63, 3.8) is 0 Å². The Kier molecular flexibility index (Phi) is 4.80. The molecule has 1 fully saturated rings. The standard InChI is InChI=1S/C15H19NO5/c1-2-13(21-11-6-4-3-5-7-11)14(18)16-9-10(17)8-12(16)15(19)20/h3-7,10,12-13,17H,2,8-9H2,1H3,(H,19,20)/t10-,12-,13?/m1/s1. The van der Waals surface area contributed by atoms with Crippen molar-refractivity contribution in [2.24, 2.45) is 0 Å². The molecule has 1 aliphatic heterocycles. The van der Waals surface area contributed by atoms with Crippen LogP contribution in [-0.2, 0) is 9.59 Å². The van der Waals surface area contributed by atoms with Gasteiger partial charge in [0.1, 0.15) is 11.8 Å². The molecule has 2 rings (SSSR count). The molecule has 6 nitrogen and oxygen atoms in total. The van der Waals surface area contributed by atoms with Gasteiger partial charge in [0.25, 0.3) is 5.91 Å². The van der Waals surface area contributed by atoms with Gasteiger partial charge < -0.3 is 19.8 Å². The lowest BCUT2D eigenvalue weighted by Crippen LogP contribution is -2.47. The molecule has 1 unspecified atom stereocenters. The number of carbonyl (C=O) groups is 2. The summed E-state index contributed by atoms with van der Waals surface area (Å²) in [6.45, 7) is 1.83. The van der Waals surface area contributed by atoms with Crippen molar-refractivity contribution in [1.29, 1.82) is 0 Å². The van der Waals surface area contributed by atoms with Gasteiger partial charge in [0.05, 0.1) is 6.10 Å². The summed E-state index contributed by atoms with van der Waals surface area (Å²) < 4.78 is 5.64. The summed E-state index contributed by atoms with van der Waals surface area (Å²) in [6.07, 6.45) is -1.07. The number of β-amino-alcohol motifs (C(OH)–C–C–N with tert-alkyl or cyclic N) is 1. The van der Waals surface area contributed by atoms with Crippen molar-refractivity contribution in [2.45, 2.75) is 38.0 Å². The third kappa shape index (κ3) is 3.52. The predicted octanol–water partition coefficient (Wildman–Crippen LogP) is 0.890. The van der Waals surface area contributed by atoms with Crippen LogP contribution in [-0.4, -0.2) is 51.8 Å². The first-order chi connectivity index (χ1) is 10.0. The van der Waals surface area contributed by atoms with Crippen LogP contribution in [0.5, 0.6) is 5.75 Å². The SMILES string of the molecule is CCC(Oc1ccccc1)C(=O)N1C[C@H](O)C[C@@H]1C(=O)O. The monoisotopic (exact) mass is 293 g/mol. The average molecular weight is 293 g/mol. The molecule has 2 N–H and O–H groups in total. The Morgan fingerprint density at radius 3 is 2.62 bits per heavy atom. The molecule has 1 aromatic rings. The number of aliphatic carboxylic acids is 1. The molecule has 0 radical (unpaired) electrons. The van der Waals surface area contributed by atoms with Crippen molar-refractivity contribution in [3.8, 4) is 5.75 Å². The van der Waals surface area contributed by atoms with Crippen LogP contribution < -0.4 is 4.74 Å². The number of rotatable bonds is 5. The zero-order valence-corrected chi connectivity index (χ0v) is 11.8. The minimum Gasteiger partial charge on any atom is -0.481 e. The Bertz CT molecular complexity index is 504. The minimum atomic E-state index is -1.10. The molecule has 1 aliphatic rings. The number of hydrogen-bond donors (Lipinski definition) is 2. The Labute approximate surface area is 122 Å². The Hall–Kier alpha value is -2.08. The van der Waals surface area contributed by atoms with Gasteiger partial charge in [-0.1, -0.05) is 25.1 Å². The second-order valence-corrected chi connectivity index (χ2v) is 5.06. The lowest BCUT2D eigenvalue weighted by Gasteiger charge is -2.26. The molecule has 0 aliphatic carbocycles. The topological polar surface area (TPSA) is 87.1 Å². The highest BCUT2D eigenvalue weighted by molar-refractivity contribution is 5.87. The van der Waals surface area contributed by atoms with E-state index in [1.807, 2.05) is 6.07 Å². The molecule has 1 amide bonds. The zero-order valence-electron chi connectivity index (χ0n) is 11.8. The second-order valence-electron chi connectivity index (χ2n) is 5.06. The van der Waals surface area contributed by atoms with Crippen LogP contribution in [0.3, 0.4) is 0 Å². The lowest BCUT2D eigenvalue weighted by atomic mass is 10.2. The van der Waals surface area contributed by atoms with E-state index in [0.717, 1.165) is 0 Å². The number of benzene rings is 1. The van der Waals surface area contributed by atoms with Gasteiger partial charge in [0.2, 0.25) is 0 Å². The number of carbonyl (C=O) groups excluding carboxylic acids is 1. The van der Waals surface area contributed by atoms with E-state index < -0.39 is 30.1 Å². The summed E-state index contributed by atoms with van der Waals surface area (Å²) in [4.78, 5) is 24.9. The number of likely N-dealkylation sites (tertiary alicyclic amines) is 1. The molecule has 0 saturated carbocycles. The molecule has 1 aromatic carbocycles. The van der Waals surface area contributed by atoms with Crippen molar-refractivity contribution in [3.05, 3.63) is 30.3 Å². The molecule has 1 heterocycles. The number of aliphatic hydroxyl groups is 1. The Morgan fingerprint density at radius 2 is 2.05 bits per heavy atom. The maximum Gasteiger partial charge on any atom is 0.326 e. The molecule has 0 bridgehead atoms. The lowest BCUT2D eigenvalue weighted by molar-refractivity contribution is -0.151. The number of carboxylic acid groups (broad SMARTS) is 1. The molecular formula is C15H19NO5. The summed E-state index contributed by atoms with van der Waals surface area (Å²) >= 11 is 0. The summed E-state index contributed by atoms with van der Waals surface area (Å²) in [5.41, 5.74) is 0. The number of ether oxygens (including phenoxy) is 1. The second kappa shape index (κ2) is 6.58. The van der Waals surface area contributed by atoms with E-state index in [4.69, 9.17) is 9.84 Å². The number of amides is 1. The molecular weight excluding hydrogens is 274 g/mol. The van der Waals surface area contributed by atoms with Gasteiger partial charge in [-0.25, -0.2) is 4.79 Å². The predicted molar refractivity (Wildman–Crippen MR) is 74.9 cm³/mol. The van der Waals surface area contributed by atoms with Crippen LogP contribution in [0.2, 0.25) is 0 Å². The van der Waals surface area contributed by atoms with E-state index in [2.05, 4.69) is 0 Å². The van der Waals surface area contributed by atoms with E-state index in [0.29, 0.717) is 12.2 Å². The Balaban J connectivity index is 2.10. The zero-order chi connectivity index (χ0) is 15.4. The first kappa shape index (κ1) is 15.3. The van der Waals surface area contributed by atoms with E-state index in [1.54, 1.807) is 31.2 Å². The fourth-order valence-corrected chi connectivity index (χ4v) is 2.45. The molecule has 0 aromatic heterocycles. The highest BCUT2D eigenvalue weighted by Crippen LogP contribution is 2.22. The van der Waals surface area contributed by atoms with Gasteiger partial charge in [0, 0.05) is 13.0 Å². The van der Waals surface area contributed by atoms with E-state index in [1.165, 1.54) is 4.90 Å². The number of hydrogen-bond acceptors (Lipinski definition) is 4. The van der Waals surface area contributed by atoms with Crippen LogP contribution in [0, 0.1) is 0 Å². The molecule has 1 saturated heterocycles. The fourth-order valence-electron chi connectivity index (χ4n) is 2.45. The van der Waals surface area contributed by atoms with Crippen LogP contribution in [0.4, 0.5) is 0 Å². The number of para-hydroxylation sites is 1. The van der Waals surface area contributed by atoms with Gasteiger partial charge >= 0.3 is 5.97 Å². The first-order valence-electron chi connectivity index (χ1n) is 6.96. The Morgan fingerprint density at radius 1 is 1.38 bits per heavy atom. The molecule has 0 spiro atoms. The van der Waals surface area contributed by atoms with Gasteiger partial charge in [0.15, 0.2) is 6.10 Å². The first-order valence-corrected chi connectivity index (χ1v) is 6.96. The number of nitrogens with zero attached hydrogens (tertiary/aromatic N) is 1. The quantitative estimate of drug-likeness (QED) is 0.842. The maximum absolute atomic E-state index is 12.5. The summed E-state index contributed by atoms with van der Waals surface area (Å²) in [5, 5.41) is 18.8. The van der Waals surface area contributed by atoms with Crippen molar-refractivity contribution in [1.82, 2.24) is 4.90 Å². The normalized spacial score (nSPS) is 22.9. The van der Waals surface area contributed by atoms with Crippen LogP contribution in [0.1, 0.15) is 19.8 Å². The van der Waals surface area contributed by atoms with Gasteiger partial charge in [-0.05, 0) is 18.6 Å². The van der Waals surface area contributed by atoms with Crippen LogP contribution >= 0.6 is 0 Å². The fraction of sp³-hybridized carbons (Fsp3) is 0.467. The smallest absolute Gasteiger partial charge is 0.326 e. The van der Waals surface area contributed by atoms with E-state index >= 15 is 0 Å². The summed E-state index contributed by atoms with van der Waals surface area (Å²) in [6, 6.07) is 7.93. The van der Waals surface area contributed by atoms with Gasteiger partial charge in [-0.15, -0.1) is 0 Å². The highest BCUT2D eigenvalue weighted by atomic mass is 16.5. The van der Waals surface area contributed by atoms with Crippen molar-refractivity contribution < 1.29 is 24.5 Å². The van der Waals surface area contributed by atoms with Crippen LogP contribution in [0.15, 0.2) is 30.3 Å². The third-order valence-electron chi connectivity index (χ3n) is 3.51.